The maximum absolute atomic E-state index is 4.40. The Bertz CT molecular complexity index is 302. The topological polar surface area (TPSA) is 29.9 Å². The average Bonchev–Trinajstić information content (AvgIpc) is 2.99. The van der Waals surface area contributed by atoms with E-state index in [2.05, 4.69) is 34.9 Å². The number of nitrogens with one attached hydrogen (secondary N) is 1. The van der Waals surface area contributed by atoms with Gasteiger partial charge in [0.2, 0.25) is 5.95 Å². The van der Waals surface area contributed by atoms with E-state index < -0.39 is 0 Å². The van der Waals surface area contributed by atoms with Gasteiger partial charge >= 0.3 is 0 Å². The Morgan fingerprint density at radius 2 is 2.33 bits per heavy atom. The van der Waals surface area contributed by atoms with Crippen molar-refractivity contribution < 1.29 is 0 Å². The summed E-state index contributed by atoms with van der Waals surface area (Å²) in [6, 6.07) is 1.30. The Morgan fingerprint density at radius 3 is 2.93 bits per heavy atom. The summed E-state index contributed by atoms with van der Waals surface area (Å²) in [6.45, 7) is 4.47. The lowest BCUT2D eigenvalue weighted by Gasteiger charge is -2.17. The van der Waals surface area contributed by atoms with E-state index in [1.807, 2.05) is 6.20 Å². The first-order chi connectivity index (χ1) is 7.35. The van der Waals surface area contributed by atoms with Crippen LogP contribution in [0.15, 0.2) is 12.4 Å². The predicted octanol–water partition coefficient (Wildman–Crippen LogP) is 3.21. The molecule has 2 rings (SSSR count). The third kappa shape index (κ3) is 2.52. The van der Waals surface area contributed by atoms with Crippen LogP contribution < -0.4 is 5.32 Å². The van der Waals surface area contributed by atoms with E-state index in [0.717, 1.165) is 5.95 Å². The highest BCUT2D eigenvalue weighted by atomic mass is 15.2. The van der Waals surface area contributed by atoms with Gasteiger partial charge in [-0.3, -0.25) is 0 Å². The van der Waals surface area contributed by atoms with Crippen molar-refractivity contribution in [2.75, 3.05) is 5.32 Å². The molecule has 1 aromatic heterocycles. The average molecular weight is 207 g/mol. The number of imidazole rings is 1. The van der Waals surface area contributed by atoms with Crippen molar-refractivity contribution in [2.45, 2.75) is 58.0 Å². The molecule has 3 heteroatoms. The van der Waals surface area contributed by atoms with Gasteiger partial charge in [-0.2, -0.15) is 0 Å². The fraction of sp³-hybridized carbons (Fsp3) is 0.750. The number of hydrogen-bond acceptors (Lipinski definition) is 2. The third-order valence-electron chi connectivity index (χ3n) is 3.07. The first-order valence-electron chi connectivity index (χ1n) is 6.14. The summed E-state index contributed by atoms with van der Waals surface area (Å²) in [5, 5.41) is 3.55. The van der Waals surface area contributed by atoms with Crippen molar-refractivity contribution in [1.82, 2.24) is 9.55 Å². The van der Waals surface area contributed by atoms with Crippen molar-refractivity contribution in [3.05, 3.63) is 12.4 Å². The van der Waals surface area contributed by atoms with E-state index in [0.29, 0.717) is 12.1 Å². The second-order valence-electron chi connectivity index (χ2n) is 4.43. The van der Waals surface area contributed by atoms with E-state index in [1.165, 1.54) is 32.1 Å². The van der Waals surface area contributed by atoms with Gasteiger partial charge in [-0.1, -0.05) is 20.3 Å². The van der Waals surface area contributed by atoms with Gasteiger partial charge in [-0.05, 0) is 25.7 Å². The summed E-state index contributed by atoms with van der Waals surface area (Å²) < 4.78 is 2.29. The van der Waals surface area contributed by atoms with Crippen LogP contribution in [0, 0.1) is 0 Å². The van der Waals surface area contributed by atoms with Crippen LogP contribution in [-0.2, 0) is 0 Å². The molecule has 1 aliphatic carbocycles. The minimum absolute atomic E-state index is 0.579. The van der Waals surface area contributed by atoms with Gasteiger partial charge in [0.25, 0.3) is 0 Å². The molecule has 1 aromatic rings. The van der Waals surface area contributed by atoms with E-state index in [9.17, 15) is 0 Å². The van der Waals surface area contributed by atoms with Gasteiger partial charge in [-0.25, -0.2) is 4.98 Å². The molecule has 1 saturated carbocycles. The fourth-order valence-electron chi connectivity index (χ4n) is 1.98. The molecular weight excluding hydrogens is 186 g/mol. The highest BCUT2D eigenvalue weighted by molar-refractivity contribution is 5.29. The zero-order valence-corrected chi connectivity index (χ0v) is 9.74. The first kappa shape index (κ1) is 10.5. The zero-order chi connectivity index (χ0) is 10.7. The Labute approximate surface area is 91.9 Å². The summed E-state index contributed by atoms with van der Waals surface area (Å²) in [5.74, 6) is 1.07. The van der Waals surface area contributed by atoms with Crippen LogP contribution in [0.2, 0.25) is 0 Å². The van der Waals surface area contributed by atoms with Crippen LogP contribution in [0.25, 0.3) is 0 Å². The van der Waals surface area contributed by atoms with Crippen LogP contribution >= 0.6 is 0 Å². The van der Waals surface area contributed by atoms with E-state index >= 15 is 0 Å². The van der Waals surface area contributed by atoms with Gasteiger partial charge in [0.05, 0.1) is 0 Å². The van der Waals surface area contributed by atoms with Crippen LogP contribution in [0.3, 0.4) is 0 Å². The summed E-state index contributed by atoms with van der Waals surface area (Å²) in [6.07, 6.45) is 10.3. The second kappa shape index (κ2) is 4.69. The van der Waals surface area contributed by atoms with Crippen molar-refractivity contribution in [1.29, 1.82) is 0 Å². The van der Waals surface area contributed by atoms with Crippen molar-refractivity contribution in [3.63, 3.8) is 0 Å². The van der Waals surface area contributed by atoms with Gasteiger partial charge in [-0.15, -0.1) is 0 Å². The largest absolute Gasteiger partial charge is 0.353 e. The Hall–Kier alpha value is -0.990. The summed E-state index contributed by atoms with van der Waals surface area (Å²) in [4.78, 5) is 4.40. The number of hydrogen-bond donors (Lipinski definition) is 1. The molecular formula is C12H21N3. The Kier molecular flexibility index (Phi) is 3.29. The molecule has 1 fully saturated rings. The highest BCUT2D eigenvalue weighted by Gasteiger charge is 2.25. The minimum atomic E-state index is 0.579. The van der Waals surface area contributed by atoms with Crippen LogP contribution in [-0.4, -0.2) is 15.6 Å². The lowest BCUT2D eigenvalue weighted by atomic mass is 10.1. The van der Waals surface area contributed by atoms with Crippen molar-refractivity contribution >= 4 is 5.95 Å². The maximum Gasteiger partial charge on any atom is 0.203 e. The van der Waals surface area contributed by atoms with E-state index in [1.54, 1.807) is 0 Å². The highest BCUT2D eigenvalue weighted by Crippen LogP contribution is 2.36. The Morgan fingerprint density at radius 1 is 1.53 bits per heavy atom. The number of nitrogens with zero attached hydrogens (tertiary/aromatic N) is 2. The molecule has 1 unspecified atom stereocenters. The zero-order valence-electron chi connectivity index (χ0n) is 9.74. The molecule has 1 heterocycles. The molecule has 1 aliphatic rings. The second-order valence-corrected chi connectivity index (χ2v) is 4.43. The van der Waals surface area contributed by atoms with Crippen molar-refractivity contribution in [2.24, 2.45) is 0 Å². The smallest absolute Gasteiger partial charge is 0.203 e. The van der Waals surface area contributed by atoms with E-state index in [4.69, 9.17) is 0 Å². The third-order valence-corrected chi connectivity index (χ3v) is 3.07. The van der Waals surface area contributed by atoms with Crippen LogP contribution in [0.4, 0.5) is 5.95 Å². The van der Waals surface area contributed by atoms with Gasteiger partial charge in [0.15, 0.2) is 0 Å². The van der Waals surface area contributed by atoms with Gasteiger partial charge < -0.3 is 9.88 Å². The molecule has 0 radical (unpaired) electrons. The normalized spacial score (nSPS) is 17.7. The molecule has 1 atom stereocenters. The fourth-order valence-corrected chi connectivity index (χ4v) is 1.98. The summed E-state index contributed by atoms with van der Waals surface area (Å²) >= 11 is 0. The van der Waals surface area contributed by atoms with Crippen LogP contribution in [0.1, 0.15) is 52.0 Å². The molecule has 0 bridgehead atoms. The minimum Gasteiger partial charge on any atom is -0.353 e. The first-order valence-corrected chi connectivity index (χ1v) is 6.14. The maximum atomic E-state index is 4.40. The quantitative estimate of drug-likeness (QED) is 0.776. The number of anilines is 1. The van der Waals surface area contributed by atoms with Crippen LogP contribution in [0.5, 0.6) is 0 Å². The molecule has 0 amide bonds. The molecule has 15 heavy (non-hydrogen) atoms. The van der Waals surface area contributed by atoms with Gasteiger partial charge in [0.1, 0.15) is 0 Å². The van der Waals surface area contributed by atoms with Gasteiger partial charge in [0, 0.05) is 24.5 Å². The SMILES string of the molecule is CCCC(CC)Nc1nccn1C1CC1. The molecule has 0 saturated heterocycles. The lowest BCUT2D eigenvalue weighted by Crippen LogP contribution is -2.20. The molecule has 1 N–H and O–H groups in total. The molecule has 0 spiro atoms. The summed E-state index contributed by atoms with van der Waals surface area (Å²) in [7, 11) is 0. The van der Waals surface area contributed by atoms with E-state index in [-0.39, 0.29) is 0 Å². The summed E-state index contributed by atoms with van der Waals surface area (Å²) in [5.41, 5.74) is 0. The number of rotatable bonds is 6. The molecule has 3 nitrogen and oxygen atoms in total. The predicted molar refractivity (Wildman–Crippen MR) is 63.1 cm³/mol. The van der Waals surface area contributed by atoms with Crippen molar-refractivity contribution in [3.8, 4) is 0 Å². The molecule has 0 aliphatic heterocycles. The molecule has 0 aromatic carbocycles. The number of aromatic nitrogens is 2. The lowest BCUT2D eigenvalue weighted by molar-refractivity contribution is 0.607. The molecule has 84 valence electrons. The standard InChI is InChI=1S/C12H21N3/c1-3-5-10(4-2)14-12-13-8-9-15(12)11-6-7-11/h8-11H,3-7H2,1-2H3,(H,13,14). The monoisotopic (exact) mass is 207 g/mol. The Balaban J connectivity index is 1.98.